The maximum absolute atomic E-state index is 12.4. The van der Waals surface area contributed by atoms with Crippen LogP contribution in [0.2, 0.25) is 0 Å². The topological polar surface area (TPSA) is 76.7 Å². The number of alkyl halides is 2. The summed E-state index contributed by atoms with van der Waals surface area (Å²) in [5, 5.41) is 3.29. The summed E-state index contributed by atoms with van der Waals surface area (Å²) < 4.78 is 61.5. The third kappa shape index (κ3) is 5.10. The van der Waals surface area contributed by atoms with Gasteiger partial charge in [0.05, 0.1) is 17.0 Å². The third-order valence-electron chi connectivity index (χ3n) is 3.86. The molecule has 9 heteroatoms. The number of methoxy groups -OCH3 is 1. The summed E-state index contributed by atoms with van der Waals surface area (Å²) in [6.45, 7) is 0.722. The van der Waals surface area contributed by atoms with Crippen LogP contribution in [0.3, 0.4) is 0 Å². The number of halogens is 2. The molecule has 1 saturated heterocycles. The van der Waals surface area contributed by atoms with Gasteiger partial charge in [-0.25, -0.2) is 21.9 Å². The minimum atomic E-state index is -3.70. The zero-order valence-electron chi connectivity index (χ0n) is 13.4. The lowest BCUT2D eigenvalue weighted by Gasteiger charge is -2.28. The predicted octanol–water partition coefficient (Wildman–Crippen LogP) is 1.38. The van der Waals surface area contributed by atoms with Crippen LogP contribution < -0.4 is 14.8 Å². The van der Waals surface area contributed by atoms with Gasteiger partial charge in [0.15, 0.2) is 0 Å². The minimum absolute atomic E-state index is 0.0532. The summed E-state index contributed by atoms with van der Waals surface area (Å²) in [7, 11) is -2.12. The Morgan fingerprint density at radius 3 is 2.58 bits per heavy atom. The number of hydrogen-bond donors (Lipinski definition) is 2. The molecule has 1 aliphatic rings. The first kappa shape index (κ1) is 19.0. The number of nitrogens with one attached hydrogen (secondary N) is 2. The molecule has 6 nitrogen and oxygen atoms in total. The largest absolute Gasteiger partial charge is 0.488 e. The Morgan fingerprint density at radius 2 is 2.04 bits per heavy atom. The van der Waals surface area contributed by atoms with E-state index in [1.807, 2.05) is 0 Å². The summed E-state index contributed by atoms with van der Waals surface area (Å²) in [6, 6.07) is 5.37. The fourth-order valence-electron chi connectivity index (χ4n) is 2.66. The molecular formula is C15H22F2N2O4S. The number of benzene rings is 1. The molecular weight excluding hydrogens is 342 g/mol. The van der Waals surface area contributed by atoms with Crippen molar-refractivity contribution in [3.05, 3.63) is 24.3 Å². The average Bonchev–Trinajstić information content (AvgIpc) is 3.01. The van der Waals surface area contributed by atoms with Crippen molar-refractivity contribution < 1.29 is 26.7 Å². The predicted molar refractivity (Wildman–Crippen MR) is 85.0 cm³/mol. The maximum atomic E-state index is 12.4. The van der Waals surface area contributed by atoms with Gasteiger partial charge in [-0.2, -0.15) is 0 Å². The second kappa shape index (κ2) is 8.19. The second-order valence-corrected chi connectivity index (χ2v) is 7.51. The van der Waals surface area contributed by atoms with Crippen LogP contribution in [0.4, 0.5) is 8.78 Å². The first-order chi connectivity index (χ1) is 11.4. The van der Waals surface area contributed by atoms with E-state index >= 15 is 0 Å². The molecule has 1 heterocycles. The van der Waals surface area contributed by atoms with E-state index in [4.69, 9.17) is 9.47 Å². The summed E-state index contributed by atoms with van der Waals surface area (Å²) in [5.41, 5.74) is -0.401. The van der Waals surface area contributed by atoms with Gasteiger partial charge in [0.2, 0.25) is 10.0 Å². The number of sulfonamides is 1. The van der Waals surface area contributed by atoms with Crippen molar-refractivity contribution >= 4 is 10.0 Å². The summed E-state index contributed by atoms with van der Waals surface area (Å²) in [5.74, 6) is 0.197. The van der Waals surface area contributed by atoms with E-state index in [1.165, 1.54) is 24.3 Å². The van der Waals surface area contributed by atoms with E-state index in [0.29, 0.717) is 6.61 Å². The molecule has 0 spiro atoms. The highest BCUT2D eigenvalue weighted by molar-refractivity contribution is 7.89. The van der Waals surface area contributed by atoms with Crippen molar-refractivity contribution in [2.45, 2.75) is 29.7 Å². The summed E-state index contributed by atoms with van der Waals surface area (Å²) in [6.07, 6.45) is -0.795. The molecule has 0 bridgehead atoms. The van der Waals surface area contributed by atoms with Crippen LogP contribution >= 0.6 is 0 Å². The van der Waals surface area contributed by atoms with Gasteiger partial charge in [-0.1, -0.05) is 0 Å². The van der Waals surface area contributed by atoms with Crippen LogP contribution in [0.1, 0.15) is 12.8 Å². The fourth-order valence-corrected chi connectivity index (χ4v) is 3.79. The van der Waals surface area contributed by atoms with Gasteiger partial charge < -0.3 is 14.8 Å². The standard InChI is InChI=1S/C15H22F2N2O4S/c1-22-11-15(7-2-8-18-15)10-19-24(20,21)13-5-3-12(4-6-13)23-9-14(16)17/h3-6,14,18-19H,2,7-11H2,1H3. The number of hydrogen-bond acceptors (Lipinski definition) is 5. The molecule has 0 aromatic heterocycles. The Bertz CT molecular complexity index is 617. The van der Waals surface area contributed by atoms with E-state index in [0.717, 1.165) is 19.4 Å². The van der Waals surface area contributed by atoms with Gasteiger partial charge >= 0.3 is 0 Å². The van der Waals surface area contributed by atoms with Gasteiger partial charge in [0.1, 0.15) is 12.4 Å². The van der Waals surface area contributed by atoms with Crippen molar-refractivity contribution in [3.63, 3.8) is 0 Å². The van der Waals surface area contributed by atoms with E-state index in [-0.39, 0.29) is 17.2 Å². The molecule has 136 valence electrons. The highest BCUT2D eigenvalue weighted by Crippen LogP contribution is 2.21. The van der Waals surface area contributed by atoms with E-state index in [9.17, 15) is 17.2 Å². The lowest BCUT2D eigenvalue weighted by molar-refractivity contribution is 0.0819. The molecule has 1 unspecified atom stereocenters. The molecule has 1 fully saturated rings. The monoisotopic (exact) mass is 364 g/mol. The van der Waals surface area contributed by atoms with Crippen LogP contribution in [0.15, 0.2) is 29.2 Å². The number of ether oxygens (including phenoxy) is 2. The van der Waals surface area contributed by atoms with Crippen molar-refractivity contribution in [1.82, 2.24) is 10.0 Å². The van der Waals surface area contributed by atoms with Crippen LogP contribution in [-0.2, 0) is 14.8 Å². The Morgan fingerprint density at radius 1 is 1.33 bits per heavy atom. The third-order valence-corrected chi connectivity index (χ3v) is 5.28. The molecule has 0 aliphatic carbocycles. The fraction of sp³-hybridized carbons (Fsp3) is 0.600. The Balaban J connectivity index is 1.99. The van der Waals surface area contributed by atoms with Crippen molar-refractivity contribution in [3.8, 4) is 5.75 Å². The molecule has 1 aromatic rings. The van der Waals surface area contributed by atoms with Gasteiger partial charge in [-0.05, 0) is 43.7 Å². The highest BCUT2D eigenvalue weighted by atomic mass is 32.2. The molecule has 1 atom stereocenters. The molecule has 2 N–H and O–H groups in total. The van der Waals surface area contributed by atoms with Crippen molar-refractivity contribution in [2.75, 3.05) is 33.4 Å². The Labute approximate surface area is 140 Å². The Kier molecular flexibility index (Phi) is 6.50. The second-order valence-electron chi connectivity index (χ2n) is 5.74. The van der Waals surface area contributed by atoms with Gasteiger partial charge in [-0.15, -0.1) is 0 Å². The van der Waals surface area contributed by atoms with E-state index < -0.39 is 28.6 Å². The SMILES string of the molecule is COCC1(CNS(=O)(=O)c2ccc(OCC(F)F)cc2)CCCN1. The zero-order valence-corrected chi connectivity index (χ0v) is 14.2. The van der Waals surface area contributed by atoms with Gasteiger partial charge in [0, 0.05) is 13.7 Å². The maximum Gasteiger partial charge on any atom is 0.272 e. The van der Waals surface area contributed by atoms with Crippen LogP contribution in [0, 0.1) is 0 Å². The lowest BCUT2D eigenvalue weighted by Crippen LogP contribution is -2.52. The molecule has 0 amide bonds. The minimum Gasteiger partial charge on any atom is -0.488 e. The lowest BCUT2D eigenvalue weighted by atomic mass is 9.99. The van der Waals surface area contributed by atoms with Crippen LogP contribution in [-0.4, -0.2) is 53.8 Å². The zero-order chi connectivity index (χ0) is 17.6. The van der Waals surface area contributed by atoms with E-state index in [1.54, 1.807) is 7.11 Å². The van der Waals surface area contributed by atoms with Gasteiger partial charge in [-0.3, -0.25) is 0 Å². The quantitative estimate of drug-likeness (QED) is 0.692. The highest BCUT2D eigenvalue weighted by Gasteiger charge is 2.34. The Hall–Kier alpha value is -1.29. The van der Waals surface area contributed by atoms with Gasteiger partial charge in [0.25, 0.3) is 6.43 Å². The molecule has 0 radical (unpaired) electrons. The van der Waals surface area contributed by atoms with Crippen molar-refractivity contribution in [2.24, 2.45) is 0 Å². The average molecular weight is 364 g/mol. The molecule has 2 rings (SSSR count). The normalized spacial score (nSPS) is 21.3. The molecule has 1 aliphatic heterocycles. The van der Waals surface area contributed by atoms with Crippen LogP contribution in [0.25, 0.3) is 0 Å². The molecule has 1 aromatic carbocycles. The number of rotatable bonds is 9. The van der Waals surface area contributed by atoms with Crippen LogP contribution in [0.5, 0.6) is 5.75 Å². The first-order valence-electron chi connectivity index (χ1n) is 7.62. The summed E-state index contributed by atoms with van der Waals surface area (Å²) in [4.78, 5) is 0.0532. The summed E-state index contributed by atoms with van der Waals surface area (Å²) >= 11 is 0. The van der Waals surface area contributed by atoms with Crippen molar-refractivity contribution in [1.29, 1.82) is 0 Å². The first-order valence-corrected chi connectivity index (χ1v) is 9.10. The molecule has 24 heavy (non-hydrogen) atoms. The smallest absolute Gasteiger partial charge is 0.272 e. The molecule has 0 saturated carbocycles. The van der Waals surface area contributed by atoms with E-state index in [2.05, 4.69) is 10.0 Å².